The summed E-state index contributed by atoms with van der Waals surface area (Å²) in [5.74, 6) is 1.17. The molecule has 2 aromatic carbocycles. The molecular weight excluding hydrogens is 290 g/mol. The van der Waals surface area contributed by atoms with Crippen LogP contribution in [0.4, 0.5) is 5.69 Å². The second kappa shape index (κ2) is 5.29. The van der Waals surface area contributed by atoms with E-state index in [0.717, 1.165) is 0 Å². The third-order valence-electron chi connectivity index (χ3n) is 3.18. The van der Waals surface area contributed by atoms with Crippen molar-refractivity contribution in [2.45, 2.75) is 11.8 Å². The highest BCUT2D eigenvalue weighted by molar-refractivity contribution is 7.92. The van der Waals surface area contributed by atoms with Crippen LogP contribution < -0.4 is 14.2 Å². The molecule has 3 rings (SSSR count). The fourth-order valence-electron chi connectivity index (χ4n) is 2.17. The Labute approximate surface area is 123 Å². The number of benzene rings is 2. The first-order valence-electron chi connectivity index (χ1n) is 6.54. The maximum Gasteiger partial charge on any atom is 0.262 e. The Hall–Kier alpha value is -2.21. The van der Waals surface area contributed by atoms with Crippen LogP contribution in [0.25, 0.3) is 0 Å². The molecule has 1 aliphatic rings. The van der Waals surface area contributed by atoms with Crippen molar-refractivity contribution >= 4 is 15.7 Å². The summed E-state index contributed by atoms with van der Waals surface area (Å²) >= 11 is 0. The van der Waals surface area contributed by atoms with Gasteiger partial charge in [-0.05, 0) is 30.7 Å². The molecular formula is C15H15NO4S. The van der Waals surface area contributed by atoms with E-state index < -0.39 is 10.0 Å². The summed E-state index contributed by atoms with van der Waals surface area (Å²) < 4.78 is 38.2. The minimum absolute atomic E-state index is 0.264. The molecule has 0 amide bonds. The lowest BCUT2D eigenvalue weighted by Crippen LogP contribution is -2.17. The first kappa shape index (κ1) is 13.8. The molecule has 0 unspecified atom stereocenters. The van der Waals surface area contributed by atoms with E-state index in [9.17, 15) is 8.42 Å². The Bertz CT molecular complexity index is 771. The van der Waals surface area contributed by atoms with Crippen molar-refractivity contribution in [2.75, 3.05) is 17.9 Å². The number of ether oxygens (including phenoxy) is 2. The first-order chi connectivity index (χ1) is 10.1. The molecule has 0 atom stereocenters. The van der Waals surface area contributed by atoms with Gasteiger partial charge in [0.25, 0.3) is 10.0 Å². The fourth-order valence-corrected chi connectivity index (χ4v) is 3.47. The third kappa shape index (κ3) is 2.80. The highest BCUT2D eigenvalue weighted by Gasteiger charge is 2.18. The highest BCUT2D eigenvalue weighted by atomic mass is 32.2. The fraction of sp³-hybridized carbons (Fsp3) is 0.200. The van der Waals surface area contributed by atoms with Crippen LogP contribution in [0.3, 0.4) is 0 Å². The van der Waals surface area contributed by atoms with Crippen LogP contribution in [0.15, 0.2) is 47.4 Å². The average Bonchev–Trinajstić information content (AvgIpc) is 2.47. The zero-order valence-corrected chi connectivity index (χ0v) is 12.3. The lowest BCUT2D eigenvalue weighted by atomic mass is 10.2. The van der Waals surface area contributed by atoms with Crippen LogP contribution in [0, 0.1) is 6.92 Å². The predicted octanol–water partition coefficient (Wildman–Crippen LogP) is 2.57. The van der Waals surface area contributed by atoms with E-state index in [2.05, 4.69) is 4.72 Å². The number of anilines is 1. The SMILES string of the molecule is Cc1ccccc1S(=O)(=O)Nc1ccc2c(c1)OCCO2. The van der Waals surface area contributed by atoms with Crippen molar-refractivity contribution < 1.29 is 17.9 Å². The quantitative estimate of drug-likeness (QED) is 0.946. The lowest BCUT2D eigenvalue weighted by molar-refractivity contribution is 0.171. The van der Waals surface area contributed by atoms with Gasteiger partial charge in [-0.1, -0.05) is 18.2 Å². The molecule has 0 fully saturated rings. The smallest absolute Gasteiger partial charge is 0.262 e. The van der Waals surface area contributed by atoms with Crippen LogP contribution in [0.1, 0.15) is 5.56 Å². The van der Waals surface area contributed by atoms with E-state index in [1.54, 1.807) is 49.4 Å². The number of nitrogens with one attached hydrogen (secondary N) is 1. The van der Waals surface area contributed by atoms with Crippen molar-refractivity contribution in [1.82, 2.24) is 0 Å². The monoisotopic (exact) mass is 305 g/mol. The van der Waals surface area contributed by atoms with E-state index >= 15 is 0 Å². The summed E-state index contributed by atoms with van der Waals surface area (Å²) in [5.41, 5.74) is 1.14. The van der Waals surface area contributed by atoms with Gasteiger partial charge in [0.2, 0.25) is 0 Å². The molecule has 5 nitrogen and oxygen atoms in total. The van der Waals surface area contributed by atoms with Gasteiger partial charge >= 0.3 is 0 Å². The molecule has 0 spiro atoms. The molecule has 0 aromatic heterocycles. The largest absolute Gasteiger partial charge is 0.486 e. The molecule has 2 aromatic rings. The van der Waals surface area contributed by atoms with Gasteiger partial charge in [0.1, 0.15) is 13.2 Å². The molecule has 1 heterocycles. The van der Waals surface area contributed by atoms with Crippen LogP contribution in [-0.4, -0.2) is 21.6 Å². The maximum atomic E-state index is 12.4. The third-order valence-corrected chi connectivity index (χ3v) is 4.72. The highest BCUT2D eigenvalue weighted by Crippen LogP contribution is 2.33. The Morgan fingerprint density at radius 1 is 1.00 bits per heavy atom. The van der Waals surface area contributed by atoms with Gasteiger partial charge in [-0.2, -0.15) is 0 Å². The zero-order valence-electron chi connectivity index (χ0n) is 11.5. The summed E-state index contributed by atoms with van der Waals surface area (Å²) in [4.78, 5) is 0.264. The van der Waals surface area contributed by atoms with E-state index in [1.165, 1.54) is 0 Å². The second-order valence-electron chi connectivity index (χ2n) is 4.73. The normalized spacial score (nSPS) is 13.8. The number of aryl methyl sites for hydroxylation is 1. The lowest BCUT2D eigenvalue weighted by Gasteiger charge is -2.19. The molecule has 0 radical (unpaired) electrons. The van der Waals surface area contributed by atoms with Crippen molar-refractivity contribution in [2.24, 2.45) is 0 Å². The summed E-state index contributed by atoms with van der Waals surface area (Å²) in [6.45, 7) is 2.72. The molecule has 110 valence electrons. The summed E-state index contributed by atoms with van der Waals surface area (Å²) in [6, 6.07) is 11.8. The molecule has 1 N–H and O–H groups in total. The van der Waals surface area contributed by atoms with E-state index in [0.29, 0.717) is 36.0 Å². The van der Waals surface area contributed by atoms with Gasteiger partial charge in [-0.3, -0.25) is 4.72 Å². The molecule has 1 aliphatic heterocycles. The van der Waals surface area contributed by atoms with Gasteiger partial charge in [0.15, 0.2) is 11.5 Å². The summed E-state index contributed by atoms with van der Waals surface area (Å²) in [5, 5.41) is 0. The van der Waals surface area contributed by atoms with Crippen molar-refractivity contribution in [3.05, 3.63) is 48.0 Å². The van der Waals surface area contributed by atoms with Gasteiger partial charge in [-0.15, -0.1) is 0 Å². The Morgan fingerprint density at radius 3 is 2.48 bits per heavy atom. The summed E-state index contributed by atoms with van der Waals surface area (Å²) in [6.07, 6.45) is 0. The van der Waals surface area contributed by atoms with Crippen LogP contribution in [0.2, 0.25) is 0 Å². The molecule has 0 bridgehead atoms. The Balaban J connectivity index is 1.91. The molecule has 0 saturated heterocycles. The van der Waals surface area contributed by atoms with Crippen molar-refractivity contribution in [1.29, 1.82) is 0 Å². The standard InChI is InChI=1S/C15H15NO4S/c1-11-4-2-3-5-15(11)21(17,18)16-12-6-7-13-14(10-12)20-9-8-19-13/h2-7,10,16H,8-9H2,1H3. The Morgan fingerprint density at radius 2 is 1.71 bits per heavy atom. The average molecular weight is 305 g/mol. The van der Waals surface area contributed by atoms with Gasteiger partial charge in [0.05, 0.1) is 10.6 Å². The van der Waals surface area contributed by atoms with Crippen molar-refractivity contribution in [3.63, 3.8) is 0 Å². The van der Waals surface area contributed by atoms with Crippen molar-refractivity contribution in [3.8, 4) is 11.5 Å². The molecule has 0 saturated carbocycles. The van der Waals surface area contributed by atoms with Crippen LogP contribution in [0.5, 0.6) is 11.5 Å². The number of hydrogen-bond acceptors (Lipinski definition) is 4. The second-order valence-corrected chi connectivity index (χ2v) is 6.38. The predicted molar refractivity (Wildman–Crippen MR) is 79.4 cm³/mol. The van der Waals surface area contributed by atoms with E-state index in [-0.39, 0.29) is 4.90 Å². The van der Waals surface area contributed by atoms with E-state index in [1.807, 2.05) is 0 Å². The minimum atomic E-state index is -3.62. The van der Waals surface area contributed by atoms with Gasteiger partial charge in [0, 0.05) is 6.07 Å². The van der Waals surface area contributed by atoms with Crippen LogP contribution >= 0.6 is 0 Å². The number of hydrogen-bond donors (Lipinski definition) is 1. The molecule has 0 aliphatic carbocycles. The molecule has 21 heavy (non-hydrogen) atoms. The Kier molecular flexibility index (Phi) is 3.47. The van der Waals surface area contributed by atoms with E-state index in [4.69, 9.17) is 9.47 Å². The first-order valence-corrected chi connectivity index (χ1v) is 8.03. The number of rotatable bonds is 3. The van der Waals surface area contributed by atoms with Gasteiger partial charge in [-0.25, -0.2) is 8.42 Å². The number of fused-ring (bicyclic) bond motifs is 1. The number of sulfonamides is 1. The van der Waals surface area contributed by atoms with Gasteiger partial charge < -0.3 is 9.47 Å². The maximum absolute atomic E-state index is 12.4. The zero-order chi connectivity index (χ0) is 14.9. The molecule has 6 heteroatoms. The van der Waals surface area contributed by atoms with Crippen LogP contribution in [-0.2, 0) is 10.0 Å². The topological polar surface area (TPSA) is 64.6 Å². The summed E-state index contributed by atoms with van der Waals surface area (Å²) in [7, 11) is -3.62. The minimum Gasteiger partial charge on any atom is -0.486 e.